The minimum absolute atomic E-state index is 0.195. The van der Waals surface area contributed by atoms with E-state index in [2.05, 4.69) is 10.3 Å². The molecular weight excluding hydrogens is 416 g/mol. The number of furan rings is 1. The predicted molar refractivity (Wildman–Crippen MR) is 129 cm³/mol. The molecule has 4 rings (SSSR count). The van der Waals surface area contributed by atoms with Gasteiger partial charge in [-0.1, -0.05) is 18.2 Å². The highest BCUT2D eigenvalue weighted by molar-refractivity contribution is 6.00. The zero-order valence-corrected chi connectivity index (χ0v) is 18.9. The van der Waals surface area contributed by atoms with Crippen LogP contribution < -0.4 is 14.8 Å². The van der Waals surface area contributed by atoms with Crippen LogP contribution in [0.4, 0.5) is 0 Å². The smallest absolute Gasteiger partial charge is 0.244 e. The third-order valence-corrected chi connectivity index (χ3v) is 5.31. The van der Waals surface area contributed by atoms with Crippen molar-refractivity contribution in [1.82, 2.24) is 10.3 Å². The van der Waals surface area contributed by atoms with Crippen molar-refractivity contribution in [2.45, 2.75) is 20.4 Å². The van der Waals surface area contributed by atoms with Gasteiger partial charge in [-0.05, 0) is 55.3 Å². The molecule has 0 bridgehead atoms. The second-order valence-electron chi connectivity index (χ2n) is 7.52. The highest BCUT2D eigenvalue weighted by atomic mass is 16.5. The summed E-state index contributed by atoms with van der Waals surface area (Å²) in [6.07, 6.45) is 5.01. The molecule has 0 aliphatic carbocycles. The van der Waals surface area contributed by atoms with Crippen molar-refractivity contribution in [2.75, 3.05) is 13.7 Å². The first-order valence-electron chi connectivity index (χ1n) is 10.8. The van der Waals surface area contributed by atoms with E-state index in [1.807, 2.05) is 68.4 Å². The fourth-order valence-electron chi connectivity index (χ4n) is 3.66. The van der Waals surface area contributed by atoms with Gasteiger partial charge < -0.3 is 19.2 Å². The van der Waals surface area contributed by atoms with Crippen LogP contribution in [0, 0.1) is 0 Å². The maximum absolute atomic E-state index is 12.5. The summed E-state index contributed by atoms with van der Waals surface area (Å²) in [6, 6.07) is 17.4. The third kappa shape index (κ3) is 5.06. The van der Waals surface area contributed by atoms with E-state index in [-0.39, 0.29) is 5.91 Å². The summed E-state index contributed by atoms with van der Waals surface area (Å²) in [5.74, 6) is 1.27. The molecule has 0 fully saturated rings. The minimum atomic E-state index is -0.195. The highest BCUT2D eigenvalue weighted by Gasteiger charge is 2.15. The van der Waals surface area contributed by atoms with Gasteiger partial charge in [0.15, 0.2) is 0 Å². The summed E-state index contributed by atoms with van der Waals surface area (Å²) in [6.45, 7) is 4.84. The number of carbonyl (C=O) groups is 1. The van der Waals surface area contributed by atoms with Gasteiger partial charge in [-0.15, -0.1) is 0 Å². The van der Waals surface area contributed by atoms with Crippen LogP contribution in [0.3, 0.4) is 0 Å². The predicted octanol–water partition coefficient (Wildman–Crippen LogP) is 5.62. The van der Waals surface area contributed by atoms with E-state index < -0.39 is 0 Å². The Balaban J connectivity index is 1.62. The molecule has 4 aromatic rings. The number of rotatable bonds is 8. The molecule has 6 heteroatoms. The highest BCUT2D eigenvalue weighted by Crippen LogP contribution is 2.37. The lowest BCUT2D eigenvalue weighted by Gasteiger charge is -2.10. The van der Waals surface area contributed by atoms with Crippen molar-refractivity contribution in [3.05, 3.63) is 84.4 Å². The maximum atomic E-state index is 12.5. The molecule has 2 aromatic heterocycles. The monoisotopic (exact) mass is 442 g/mol. The molecule has 33 heavy (non-hydrogen) atoms. The summed E-state index contributed by atoms with van der Waals surface area (Å²) >= 11 is 0. The van der Waals surface area contributed by atoms with Gasteiger partial charge in [-0.25, -0.2) is 0 Å². The molecule has 168 valence electrons. The first-order chi connectivity index (χ1) is 16.1. The average molecular weight is 443 g/mol. The van der Waals surface area contributed by atoms with Crippen molar-refractivity contribution >= 4 is 22.4 Å². The fraction of sp³-hybridized carbons (Fsp3) is 0.185. The summed E-state index contributed by atoms with van der Waals surface area (Å²) < 4.78 is 16.9. The molecule has 0 aliphatic heterocycles. The molecule has 0 atom stereocenters. The molecule has 1 amide bonds. The number of methoxy groups -OCH3 is 1. The summed E-state index contributed by atoms with van der Waals surface area (Å²) in [4.78, 5) is 16.7. The summed E-state index contributed by atoms with van der Waals surface area (Å²) in [7, 11) is 1.61. The van der Waals surface area contributed by atoms with E-state index in [1.165, 1.54) is 0 Å². The van der Waals surface area contributed by atoms with Crippen molar-refractivity contribution in [1.29, 1.82) is 0 Å². The van der Waals surface area contributed by atoms with Crippen molar-refractivity contribution < 1.29 is 18.7 Å². The molecule has 6 nitrogen and oxygen atoms in total. The van der Waals surface area contributed by atoms with Crippen molar-refractivity contribution in [3.63, 3.8) is 0 Å². The molecule has 0 spiro atoms. The van der Waals surface area contributed by atoms with Crippen LogP contribution in [0.5, 0.6) is 11.5 Å². The second-order valence-corrected chi connectivity index (χ2v) is 7.52. The first-order valence-corrected chi connectivity index (χ1v) is 10.8. The zero-order valence-electron chi connectivity index (χ0n) is 18.9. The quantitative estimate of drug-likeness (QED) is 0.359. The van der Waals surface area contributed by atoms with Gasteiger partial charge in [0.1, 0.15) is 17.1 Å². The van der Waals surface area contributed by atoms with Crippen LogP contribution in [0.1, 0.15) is 25.1 Å². The number of hydrogen-bond donors (Lipinski definition) is 1. The molecule has 0 saturated carbocycles. The molecule has 0 saturated heterocycles. The van der Waals surface area contributed by atoms with Gasteiger partial charge >= 0.3 is 0 Å². The minimum Gasteiger partial charge on any atom is -0.496 e. The topological polar surface area (TPSA) is 73.6 Å². The van der Waals surface area contributed by atoms with Crippen LogP contribution >= 0.6 is 0 Å². The van der Waals surface area contributed by atoms with Crippen molar-refractivity contribution in [3.8, 4) is 22.6 Å². The number of fused-ring (bicyclic) bond motifs is 1. The van der Waals surface area contributed by atoms with Gasteiger partial charge in [0.05, 0.1) is 32.2 Å². The summed E-state index contributed by atoms with van der Waals surface area (Å²) in [5.41, 5.74) is 5.10. The van der Waals surface area contributed by atoms with Crippen LogP contribution in [0.2, 0.25) is 0 Å². The maximum Gasteiger partial charge on any atom is 0.244 e. The Morgan fingerprint density at radius 1 is 1.15 bits per heavy atom. The second kappa shape index (κ2) is 10.0. The Labute approximate surface area is 192 Å². The molecule has 0 aliphatic rings. The van der Waals surface area contributed by atoms with Gasteiger partial charge in [0, 0.05) is 34.9 Å². The third-order valence-electron chi connectivity index (χ3n) is 5.31. The van der Waals surface area contributed by atoms with Crippen LogP contribution in [0.25, 0.3) is 27.7 Å². The number of pyridine rings is 1. The Kier molecular flexibility index (Phi) is 6.74. The zero-order chi connectivity index (χ0) is 23.2. The number of allylic oxidation sites excluding steroid dienone is 1. The number of nitrogens with one attached hydrogen (secondary N) is 1. The SMILES string of the molecule is CCOc1ccc(-c2coc3cc(OC)c(/C(C)=C/C(=O)NCc4ccccn4)cc23)cc1. The number of aromatic nitrogens is 1. The van der Waals surface area contributed by atoms with Crippen LogP contribution in [-0.4, -0.2) is 24.6 Å². The van der Waals surface area contributed by atoms with E-state index in [0.717, 1.165) is 39.1 Å². The standard InChI is InChI=1S/C27H26N2O4/c1-4-32-21-10-8-19(9-11-21)24-17-33-26-15-25(31-3)22(14-23(24)26)18(2)13-27(30)29-16-20-7-5-6-12-28-20/h5-15,17H,4,16H2,1-3H3,(H,29,30)/b18-13+. The number of ether oxygens (including phenoxy) is 2. The van der Waals surface area contributed by atoms with Crippen molar-refractivity contribution in [2.24, 2.45) is 0 Å². The number of nitrogens with zero attached hydrogens (tertiary/aromatic N) is 1. The molecule has 0 unspecified atom stereocenters. The molecule has 2 heterocycles. The average Bonchev–Trinajstić information content (AvgIpc) is 3.26. The number of hydrogen-bond acceptors (Lipinski definition) is 5. The van der Waals surface area contributed by atoms with Gasteiger partial charge in [0.25, 0.3) is 0 Å². The first kappa shape index (κ1) is 22.1. The molecular formula is C27H26N2O4. The number of benzene rings is 2. The van der Waals surface area contributed by atoms with E-state index in [9.17, 15) is 4.79 Å². The Hall–Kier alpha value is -4.06. The van der Waals surface area contributed by atoms with Gasteiger partial charge in [-0.3, -0.25) is 9.78 Å². The lowest BCUT2D eigenvalue weighted by molar-refractivity contribution is -0.116. The number of carbonyl (C=O) groups excluding carboxylic acids is 1. The van der Waals surface area contributed by atoms with E-state index >= 15 is 0 Å². The van der Waals surface area contributed by atoms with Gasteiger partial charge in [0.2, 0.25) is 5.91 Å². The van der Waals surface area contributed by atoms with Gasteiger partial charge in [-0.2, -0.15) is 0 Å². The summed E-state index contributed by atoms with van der Waals surface area (Å²) in [5, 5.41) is 3.81. The van der Waals surface area contributed by atoms with E-state index in [0.29, 0.717) is 24.5 Å². The Morgan fingerprint density at radius 2 is 1.97 bits per heavy atom. The van der Waals surface area contributed by atoms with E-state index in [1.54, 1.807) is 25.6 Å². The Bertz CT molecular complexity index is 1270. The Morgan fingerprint density at radius 3 is 2.67 bits per heavy atom. The fourth-order valence-corrected chi connectivity index (χ4v) is 3.66. The van der Waals surface area contributed by atoms with E-state index in [4.69, 9.17) is 13.9 Å². The lowest BCUT2D eigenvalue weighted by atomic mass is 9.99. The largest absolute Gasteiger partial charge is 0.496 e. The van der Waals surface area contributed by atoms with Crippen LogP contribution in [-0.2, 0) is 11.3 Å². The molecule has 1 N–H and O–H groups in total. The molecule has 0 radical (unpaired) electrons. The number of amides is 1. The lowest BCUT2D eigenvalue weighted by Crippen LogP contribution is -2.21. The van der Waals surface area contributed by atoms with Crippen LogP contribution in [0.15, 0.2) is 77.6 Å². The molecule has 2 aromatic carbocycles. The normalized spacial score (nSPS) is 11.4.